The van der Waals surface area contributed by atoms with Gasteiger partial charge >= 0.3 is 12.0 Å². The van der Waals surface area contributed by atoms with E-state index in [9.17, 15) is 14.0 Å². The summed E-state index contributed by atoms with van der Waals surface area (Å²) >= 11 is 0. The second-order valence-electron chi connectivity index (χ2n) is 4.98. The van der Waals surface area contributed by atoms with E-state index in [1.165, 1.54) is 17.0 Å². The molecule has 0 aromatic heterocycles. The van der Waals surface area contributed by atoms with E-state index in [0.29, 0.717) is 0 Å². The molecule has 0 saturated heterocycles. The summed E-state index contributed by atoms with van der Waals surface area (Å²) in [5, 5.41) is 11.2. The molecule has 1 aromatic rings. The first-order valence-corrected chi connectivity index (χ1v) is 6.53. The number of hydrogen-bond acceptors (Lipinski definition) is 2. The maximum Gasteiger partial charge on any atom is 0.322 e. The highest BCUT2D eigenvalue weighted by Gasteiger charge is 2.32. The number of urea groups is 1. The topological polar surface area (TPSA) is 69.6 Å². The highest BCUT2D eigenvalue weighted by Crippen LogP contribution is 2.28. The molecule has 1 fully saturated rings. The highest BCUT2D eigenvalue weighted by molar-refractivity contribution is 5.90. The lowest BCUT2D eigenvalue weighted by Crippen LogP contribution is -2.38. The minimum Gasteiger partial charge on any atom is -0.481 e. The lowest BCUT2D eigenvalue weighted by atomic mass is 10.2. The van der Waals surface area contributed by atoms with Gasteiger partial charge < -0.3 is 15.3 Å². The summed E-state index contributed by atoms with van der Waals surface area (Å²) in [4.78, 5) is 24.2. The van der Waals surface area contributed by atoms with Gasteiger partial charge in [-0.2, -0.15) is 0 Å². The Balaban J connectivity index is 2.02. The second-order valence-corrected chi connectivity index (χ2v) is 4.98. The van der Waals surface area contributed by atoms with E-state index in [0.717, 1.165) is 18.4 Å². The second kappa shape index (κ2) is 5.90. The number of halogens is 1. The Morgan fingerprint density at radius 1 is 1.45 bits per heavy atom. The minimum atomic E-state index is -0.954. The number of aliphatic carboxylic acids is 1. The Kier molecular flexibility index (Phi) is 4.22. The largest absolute Gasteiger partial charge is 0.481 e. The molecule has 1 aliphatic carbocycles. The molecule has 2 rings (SSSR count). The fourth-order valence-electron chi connectivity index (χ4n) is 1.96. The van der Waals surface area contributed by atoms with Crippen LogP contribution in [0.15, 0.2) is 18.2 Å². The Morgan fingerprint density at radius 3 is 2.70 bits per heavy atom. The number of benzene rings is 1. The fourth-order valence-corrected chi connectivity index (χ4v) is 1.96. The number of carboxylic acid groups (broad SMARTS) is 1. The summed E-state index contributed by atoms with van der Waals surface area (Å²) in [6.45, 7) is 1.90. The molecule has 0 radical (unpaired) electrons. The van der Waals surface area contributed by atoms with Crippen LogP contribution in [0.25, 0.3) is 0 Å². The fraction of sp³-hybridized carbons (Fsp3) is 0.429. The molecule has 108 valence electrons. The molecule has 1 aromatic carbocycles. The zero-order valence-electron chi connectivity index (χ0n) is 11.2. The molecular weight excluding hydrogens is 263 g/mol. The lowest BCUT2D eigenvalue weighted by Gasteiger charge is -2.22. The molecule has 2 N–H and O–H groups in total. The number of carbonyl (C=O) groups excluding carboxylic acids is 1. The normalized spacial score (nSPS) is 13.9. The molecule has 0 spiro atoms. The Labute approximate surface area is 116 Å². The number of carbonyl (C=O) groups is 2. The van der Waals surface area contributed by atoms with Crippen LogP contribution in [0.1, 0.15) is 24.8 Å². The van der Waals surface area contributed by atoms with Gasteiger partial charge in [0.25, 0.3) is 0 Å². The quantitative estimate of drug-likeness (QED) is 0.871. The average molecular weight is 280 g/mol. The van der Waals surface area contributed by atoms with E-state index < -0.39 is 17.8 Å². The van der Waals surface area contributed by atoms with E-state index in [-0.39, 0.29) is 24.7 Å². The zero-order valence-corrected chi connectivity index (χ0v) is 11.2. The molecule has 0 bridgehead atoms. The van der Waals surface area contributed by atoms with Crippen molar-refractivity contribution in [3.05, 3.63) is 29.6 Å². The van der Waals surface area contributed by atoms with E-state index >= 15 is 0 Å². The van der Waals surface area contributed by atoms with Crippen molar-refractivity contribution in [2.24, 2.45) is 0 Å². The van der Waals surface area contributed by atoms with Gasteiger partial charge in [-0.15, -0.1) is 0 Å². The van der Waals surface area contributed by atoms with Crippen LogP contribution in [0.3, 0.4) is 0 Å². The molecule has 1 saturated carbocycles. The van der Waals surface area contributed by atoms with Crippen LogP contribution in [0.5, 0.6) is 0 Å². The molecule has 6 heteroatoms. The molecule has 0 aliphatic heterocycles. The maximum atomic E-state index is 13.7. The molecule has 2 amide bonds. The minimum absolute atomic E-state index is 0.0721. The molecule has 1 aliphatic rings. The van der Waals surface area contributed by atoms with Crippen LogP contribution in [0.2, 0.25) is 0 Å². The van der Waals surface area contributed by atoms with Gasteiger partial charge in [0.1, 0.15) is 5.82 Å². The van der Waals surface area contributed by atoms with Crippen molar-refractivity contribution in [3.8, 4) is 0 Å². The Hall–Kier alpha value is -2.11. The standard InChI is InChI=1S/C14H17FN2O3/c1-9-2-5-12(11(15)8-9)16-14(20)17(10-3-4-10)7-6-13(18)19/h2,5,8,10H,3-4,6-7H2,1H3,(H,16,20)(H,18,19). The number of hydrogen-bond donors (Lipinski definition) is 2. The van der Waals surface area contributed by atoms with Gasteiger partial charge in [-0.05, 0) is 37.5 Å². The van der Waals surface area contributed by atoms with Gasteiger partial charge in [-0.1, -0.05) is 6.07 Å². The smallest absolute Gasteiger partial charge is 0.322 e. The van der Waals surface area contributed by atoms with E-state index in [1.807, 2.05) is 0 Å². The van der Waals surface area contributed by atoms with Gasteiger partial charge in [0, 0.05) is 12.6 Å². The molecule has 0 atom stereocenters. The van der Waals surface area contributed by atoms with Crippen molar-refractivity contribution in [3.63, 3.8) is 0 Å². The zero-order chi connectivity index (χ0) is 14.7. The van der Waals surface area contributed by atoms with E-state index in [1.54, 1.807) is 13.0 Å². The van der Waals surface area contributed by atoms with Crippen LogP contribution in [0.4, 0.5) is 14.9 Å². The van der Waals surface area contributed by atoms with Crippen molar-refractivity contribution in [1.29, 1.82) is 0 Å². The van der Waals surface area contributed by atoms with Gasteiger partial charge in [-0.3, -0.25) is 4.79 Å². The van der Waals surface area contributed by atoms with Crippen LogP contribution in [0, 0.1) is 12.7 Å². The number of nitrogens with one attached hydrogen (secondary N) is 1. The number of carboxylic acids is 1. The Morgan fingerprint density at radius 2 is 2.15 bits per heavy atom. The third-order valence-corrected chi connectivity index (χ3v) is 3.18. The van der Waals surface area contributed by atoms with Crippen LogP contribution < -0.4 is 5.32 Å². The SMILES string of the molecule is Cc1ccc(NC(=O)N(CCC(=O)O)C2CC2)c(F)c1. The first-order valence-electron chi connectivity index (χ1n) is 6.53. The highest BCUT2D eigenvalue weighted by atomic mass is 19.1. The summed E-state index contributed by atoms with van der Waals surface area (Å²) < 4.78 is 13.7. The third kappa shape index (κ3) is 3.69. The first-order chi connectivity index (χ1) is 9.47. The van der Waals surface area contributed by atoms with E-state index in [4.69, 9.17) is 5.11 Å². The maximum absolute atomic E-state index is 13.7. The summed E-state index contributed by atoms with van der Waals surface area (Å²) in [6, 6.07) is 4.18. The van der Waals surface area contributed by atoms with Gasteiger partial charge in [0.2, 0.25) is 0 Å². The van der Waals surface area contributed by atoms with E-state index in [2.05, 4.69) is 5.32 Å². The Bertz CT molecular complexity index is 529. The molecule has 0 heterocycles. The third-order valence-electron chi connectivity index (χ3n) is 3.18. The van der Waals surface area contributed by atoms with Crippen molar-refractivity contribution in [2.45, 2.75) is 32.2 Å². The monoisotopic (exact) mass is 280 g/mol. The van der Waals surface area contributed by atoms with Crippen molar-refractivity contribution in [1.82, 2.24) is 4.90 Å². The summed E-state index contributed by atoms with van der Waals surface area (Å²) in [6.07, 6.45) is 1.62. The lowest BCUT2D eigenvalue weighted by molar-refractivity contribution is -0.137. The number of aryl methyl sites for hydroxylation is 1. The number of rotatable bonds is 5. The van der Waals surface area contributed by atoms with Crippen LogP contribution in [-0.4, -0.2) is 34.6 Å². The van der Waals surface area contributed by atoms with Crippen molar-refractivity contribution < 1.29 is 19.1 Å². The van der Waals surface area contributed by atoms with Gasteiger partial charge in [0.05, 0.1) is 12.1 Å². The summed E-state index contributed by atoms with van der Waals surface area (Å²) in [5.74, 6) is -1.45. The number of anilines is 1. The number of amides is 2. The van der Waals surface area contributed by atoms with Crippen LogP contribution in [-0.2, 0) is 4.79 Å². The predicted octanol–water partition coefficient (Wildman–Crippen LogP) is 2.61. The molecule has 5 nitrogen and oxygen atoms in total. The van der Waals surface area contributed by atoms with Crippen LogP contribution >= 0.6 is 0 Å². The van der Waals surface area contributed by atoms with Crippen molar-refractivity contribution in [2.75, 3.05) is 11.9 Å². The summed E-state index contributed by atoms with van der Waals surface area (Å²) in [7, 11) is 0. The molecular formula is C14H17FN2O3. The first kappa shape index (κ1) is 14.3. The number of nitrogens with zero attached hydrogens (tertiary/aromatic N) is 1. The molecule has 20 heavy (non-hydrogen) atoms. The van der Waals surface area contributed by atoms with Gasteiger partial charge in [-0.25, -0.2) is 9.18 Å². The molecule has 0 unspecified atom stereocenters. The van der Waals surface area contributed by atoms with Gasteiger partial charge in [0.15, 0.2) is 0 Å². The average Bonchev–Trinajstić information content (AvgIpc) is 3.17. The predicted molar refractivity (Wildman–Crippen MR) is 72.1 cm³/mol. The summed E-state index contributed by atoms with van der Waals surface area (Å²) in [5.41, 5.74) is 0.881. The van der Waals surface area contributed by atoms with Crippen molar-refractivity contribution >= 4 is 17.7 Å².